The molecule has 0 saturated heterocycles. The average molecular weight is 424 g/mol. The highest BCUT2D eigenvalue weighted by Crippen LogP contribution is 2.21. The Morgan fingerprint density at radius 3 is 2.30 bits per heavy atom. The van der Waals surface area contributed by atoms with Crippen LogP contribution in [0.5, 0.6) is 0 Å². The summed E-state index contributed by atoms with van der Waals surface area (Å²) in [5.41, 5.74) is 0.900. The van der Waals surface area contributed by atoms with E-state index in [2.05, 4.69) is 25.6 Å². The molecule has 3 aromatic rings. The Hall–Kier alpha value is -2.83. The average Bonchev–Trinajstić information content (AvgIpc) is 3.26. The quantitative estimate of drug-likeness (QED) is 0.558. The first-order valence-corrected chi connectivity index (χ1v) is 11.0. The van der Waals surface area contributed by atoms with E-state index in [1.54, 1.807) is 36.4 Å². The SMILES string of the molecule is CS(=O)(=O)Nc1nnc(NC(=O)c2ccc(NC(=O)c3cccs3)cc2)s1. The number of benzene rings is 1. The summed E-state index contributed by atoms with van der Waals surface area (Å²) in [5, 5.41) is 14.6. The summed E-state index contributed by atoms with van der Waals surface area (Å²) in [6, 6.07) is 9.83. The fourth-order valence-corrected chi connectivity index (χ4v) is 4.04. The lowest BCUT2D eigenvalue weighted by Gasteiger charge is -2.05. The molecule has 140 valence electrons. The van der Waals surface area contributed by atoms with Gasteiger partial charge in [0.2, 0.25) is 20.3 Å². The third kappa shape index (κ3) is 5.32. The van der Waals surface area contributed by atoms with E-state index in [9.17, 15) is 18.0 Å². The van der Waals surface area contributed by atoms with Crippen LogP contribution in [-0.4, -0.2) is 36.7 Å². The lowest BCUT2D eigenvalue weighted by atomic mass is 10.2. The number of amides is 2. The zero-order valence-electron chi connectivity index (χ0n) is 13.8. The number of nitrogens with zero attached hydrogens (tertiary/aromatic N) is 2. The molecule has 0 fully saturated rings. The van der Waals surface area contributed by atoms with Crippen molar-refractivity contribution in [2.45, 2.75) is 0 Å². The number of nitrogens with one attached hydrogen (secondary N) is 3. The third-order valence-corrected chi connectivity index (χ3v) is 5.38. The number of carbonyl (C=O) groups is 2. The zero-order valence-corrected chi connectivity index (χ0v) is 16.2. The molecule has 27 heavy (non-hydrogen) atoms. The van der Waals surface area contributed by atoms with Gasteiger partial charge in [-0.3, -0.25) is 19.6 Å². The zero-order chi connectivity index (χ0) is 19.4. The first-order valence-electron chi connectivity index (χ1n) is 7.38. The molecule has 9 nitrogen and oxygen atoms in total. The highest BCUT2D eigenvalue weighted by atomic mass is 32.2. The van der Waals surface area contributed by atoms with Crippen LogP contribution in [0.25, 0.3) is 0 Å². The van der Waals surface area contributed by atoms with Gasteiger partial charge in [0, 0.05) is 11.3 Å². The van der Waals surface area contributed by atoms with E-state index in [0.717, 1.165) is 17.6 Å². The standard InChI is InChI=1S/C15H13N5O4S3/c1-27(23,24)20-15-19-18-14(26-15)17-12(21)9-4-6-10(7-5-9)16-13(22)11-3-2-8-25-11/h2-8H,1H3,(H,16,22)(H,19,20)(H,17,18,21). The van der Waals surface area contributed by atoms with Crippen molar-refractivity contribution in [3.63, 3.8) is 0 Å². The van der Waals surface area contributed by atoms with E-state index in [-0.39, 0.29) is 16.2 Å². The van der Waals surface area contributed by atoms with Gasteiger partial charge >= 0.3 is 0 Å². The molecule has 0 aliphatic carbocycles. The van der Waals surface area contributed by atoms with Gasteiger partial charge in [-0.15, -0.1) is 21.5 Å². The van der Waals surface area contributed by atoms with Gasteiger partial charge in [0.1, 0.15) is 0 Å². The molecular formula is C15H13N5O4S3. The molecule has 0 spiro atoms. The highest BCUT2D eigenvalue weighted by Gasteiger charge is 2.13. The Balaban J connectivity index is 1.61. The van der Waals surface area contributed by atoms with Crippen molar-refractivity contribution in [1.29, 1.82) is 0 Å². The van der Waals surface area contributed by atoms with E-state index in [1.807, 2.05) is 5.38 Å². The second-order valence-corrected chi connectivity index (χ2v) is 8.92. The lowest BCUT2D eigenvalue weighted by molar-refractivity contribution is 0.102. The monoisotopic (exact) mass is 423 g/mol. The highest BCUT2D eigenvalue weighted by molar-refractivity contribution is 7.92. The predicted molar refractivity (Wildman–Crippen MR) is 105 cm³/mol. The van der Waals surface area contributed by atoms with Crippen LogP contribution < -0.4 is 15.4 Å². The van der Waals surface area contributed by atoms with Crippen LogP contribution in [0.1, 0.15) is 20.0 Å². The molecule has 12 heteroatoms. The maximum Gasteiger partial charge on any atom is 0.265 e. The second-order valence-electron chi connectivity index (χ2n) is 5.25. The Bertz CT molecular complexity index is 1060. The Kier molecular flexibility index (Phi) is 5.48. The van der Waals surface area contributed by atoms with Gasteiger partial charge < -0.3 is 5.32 Å². The topological polar surface area (TPSA) is 130 Å². The van der Waals surface area contributed by atoms with Gasteiger partial charge in [-0.1, -0.05) is 17.4 Å². The van der Waals surface area contributed by atoms with Crippen LogP contribution in [0.2, 0.25) is 0 Å². The molecule has 1 aromatic carbocycles. The van der Waals surface area contributed by atoms with Gasteiger partial charge in [0.05, 0.1) is 11.1 Å². The first-order chi connectivity index (χ1) is 12.8. The summed E-state index contributed by atoms with van der Waals surface area (Å²) in [4.78, 5) is 24.8. The van der Waals surface area contributed by atoms with Crippen molar-refractivity contribution in [3.8, 4) is 0 Å². The van der Waals surface area contributed by atoms with Gasteiger partial charge in [-0.05, 0) is 35.7 Å². The van der Waals surface area contributed by atoms with Crippen LogP contribution in [-0.2, 0) is 10.0 Å². The number of rotatable bonds is 6. The number of thiophene rings is 1. The second kappa shape index (κ2) is 7.82. The van der Waals surface area contributed by atoms with Crippen LogP contribution in [0, 0.1) is 0 Å². The maximum absolute atomic E-state index is 12.2. The van der Waals surface area contributed by atoms with Gasteiger partial charge in [-0.25, -0.2) is 8.42 Å². The van der Waals surface area contributed by atoms with Crippen molar-refractivity contribution < 1.29 is 18.0 Å². The largest absolute Gasteiger partial charge is 0.321 e. The van der Waals surface area contributed by atoms with Gasteiger partial charge in [0.15, 0.2) is 0 Å². The normalized spacial score (nSPS) is 11.0. The van der Waals surface area contributed by atoms with Crippen molar-refractivity contribution in [2.24, 2.45) is 0 Å². The molecule has 2 heterocycles. The van der Waals surface area contributed by atoms with Crippen LogP contribution >= 0.6 is 22.7 Å². The van der Waals surface area contributed by atoms with Gasteiger partial charge in [-0.2, -0.15) is 0 Å². The Morgan fingerprint density at radius 2 is 1.67 bits per heavy atom. The molecule has 0 saturated carbocycles. The summed E-state index contributed by atoms with van der Waals surface area (Å²) in [6.45, 7) is 0. The summed E-state index contributed by atoms with van der Waals surface area (Å²) < 4.78 is 24.5. The number of sulfonamides is 1. The minimum absolute atomic E-state index is 0.0550. The minimum atomic E-state index is -3.46. The fourth-order valence-electron chi connectivity index (χ4n) is 1.95. The summed E-state index contributed by atoms with van der Waals surface area (Å²) >= 11 is 2.23. The van der Waals surface area contributed by atoms with E-state index >= 15 is 0 Å². The maximum atomic E-state index is 12.2. The summed E-state index contributed by atoms with van der Waals surface area (Å²) in [7, 11) is -3.46. The third-order valence-electron chi connectivity index (χ3n) is 3.07. The molecule has 0 bridgehead atoms. The lowest BCUT2D eigenvalue weighted by Crippen LogP contribution is -2.13. The smallest absolute Gasteiger partial charge is 0.265 e. The summed E-state index contributed by atoms with van der Waals surface area (Å²) in [6.07, 6.45) is 0.992. The van der Waals surface area contributed by atoms with E-state index in [1.165, 1.54) is 11.3 Å². The molecular weight excluding hydrogens is 410 g/mol. The van der Waals surface area contributed by atoms with Crippen molar-refractivity contribution in [3.05, 3.63) is 52.2 Å². The number of aromatic nitrogens is 2. The molecule has 3 rings (SSSR count). The van der Waals surface area contributed by atoms with E-state index < -0.39 is 15.9 Å². The molecule has 0 radical (unpaired) electrons. The summed E-state index contributed by atoms with van der Waals surface area (Å²) in [5.74, 6) is -0.657. The van der Waals surface area contributed by atoms with E-state index in [4.69, 9.17) is 0 Å². The number of hydrogen-bond donors (Lipinski definition) is 3. The predicted octanol–water partition coefficient (Wildman–Crippen LogP) is 2.48. The van der Waals surface area contributed by atoms with Crippen molar-refractivity contribution in [2.75, 3.05) is 21.6 Å². The van der Waals surface area contributed by atoms with Gasteiger partial charge in [0.25, 0.3) is 11.8 Å². The minimum Gasteiger partial charge on any atom is -0.321 e. The molecule has 0 aliphatic heterocycles. The molecule has 0 unspecified atom stereocenters. The number of hydrogen-bond acceptors (Lipinski definition) is 8. The molecule has 0 atom stereocenters. The molecule has 2 aromatic heterocycles. The van der Waals surface area contributed by atoms with Crippen molar-refractivity contribution >= 4 is 60.5 Å². The fraction of sp³-hybridized carbons (Fsp3) is 0.0667. The van der Waals surface area contributed by atoms with Crippen LogP contribution in [0.15, 0.2) is 41.8 Å². The Labute approximate surface area is 162 Å². The molecule has 2 amide bonds. The number of carbonyl (C=O) groups excluding carboxylic acids is 2. The Morgan fingerprint density at radius 1 is 0.963 bits per heavy atom. The van der Waals surface area contributed by atoms with Crippen LogP contribution in [0.3, 0.4) is 0 Å². The molecule has 3 N–H and O–H groups in total. The molecule has 0 aliphatic rings. The number of anilines is 3. The van der Waals surface area contributed by atoms with E-state index in [0.29, 0.717) is 16.1 Å². The first kappa shape index (κ1) is 18.9. The van der Waals surface area contributed by atoms with Crippen molar-refractivity contribution in [1.82, 2.24) is 10.2 Å². The van der Waals surface area contributed by atoms with Crippen LogP contribution in [0.4, 0.5) is 16.0 Å².